The third-order valence-corrected chi connectivity index (χ3v) is 4.74. The zero-order chi connectivity index (χ0) is 19.6. The van der Waals surface area contributed by atoms with Gasteiger partial charge in [-0.25, -0.2) is 0 Å². The van der Waals surface area contributed by atoms with E-state index in [4.69, 9.17) is 5.73 Å². The number of nitro groups is 1. The molecular weight excluding hydrogens is 348 g/mol. The first kappa shape index (κ1) is 18.4. The molecular formula is C19H20N4O4. The molecule has 0 aromatic heterocycles. The van der Waals surface area contributed by atoms with Gasteiger partial charge in [0, 0.05) is 30.9 Å². The minimum absolute atomic E-state index is 0.0109. The first-order valence-electron chi connectivity index (χ1n) is 8.57. The molecule has 1 fully saturated rings. The summed E-state index contributed by atoms with van der Waals surface area (Å²) in [5.74, 6) is -0.611. The van der Waals surface area contributed by atoms with Gasteiger partial charge in [-0.1, -0.05) is 18.2 Å². The number of hydrogen-bond donors (Lipinski definition) is 1. The van der Waals surface area contributed by atoms with Crippen LogP contribution >= 0.6 is 0 Å². The number of likely N-dealkylation sites (N-methyl/N-ethyl adjacent to an activating group) is 1. The summed E-state index contributed by atoms with van der Waals surface area (Å²) in [6, 6.07) is 12.6. The van der Waals surface area contributed by atoms with E-state index in [1.165, 1.54) is 17.0 Å². The van der Waals surface area contributed by atoms with Crippen molar-refractivity contribution in [1.29, 1.82) is 0 Å². The monoisotopic (exact) mass is 368 g/mol. The highest BCUT2D eigenvalue weighted by Gasteiger charge is 2.35. The molecule has 3 rings (SSSR count). The SMILES string of the molecule is CN(C(=O)c1ccc(N)c([N+](=O)[O-])c1)C1CCCN(c2ccccc2)C1=O. The van der Waals surface area contributed by atoms with Crippen molar-refractivity contribution < 1.29 is 14.5 Å². The molecule has 27 heavy (non-hydrogen) atoms. The van der Waals surface area contributed by atoms with Crippen molar-refractivity contribution in [1.82, 2.24) is 4.90 Å². The van der Waals surface area contributed by atoms with Crippen LogP contribution in [0.5, 0.6) is 0 Å². The Morgan fingerprint density at radius 1 is 1.26 bits per heavy atom. The fourth-order valence-electron chi connectivity index (χ4n) is 3.26. The molecule has 0 spiro atoms. The molecule has 0 saturated carbocycles. The van der Waals surface area contributed by atoms with Crippen molar-refractivity contribution in [2.24, 2.45) is 0 Å². The van der Waals surface area contributed by atoms with Gasteiger partial charge in [-0.3, -0.25) is 19.7 Å². The lowest BCUT2D eigenvalue weighted by molar-refractivity contribution is -0.383. The molecule has 1 unspecified atom stereocenters. The molecule has 0 bridgehead atoms. The van der Waals surface area contributed by atoms with Crippen LogP contribution in [0.1, 0.15) is 23.2 Å². The average molecular weight is 368 g/mol. The minimum atomic E-state index is -0.630. The zero-order valence-electron chi connectivity index (χ0n) is 14.9. The van der Waals surface area contributed by atoms with Gasteiger partial charge in [0.25, 0.3) is 11.6 Å². The van der Waals surface area contributed by atoms with Gasteiger partial charge in [0.2, 0.25) is 5.91 Å². The Balaban J connectivity index is 1.83. The Bertz CT molecular complexity index is 885. The lowest BCUT2D eigenvalue weighted by atomic mass is 10.0. The van der Waals surface area contributed by atoms with Gasteiger partial charge < -0.3 is 15.5 Å². The Morgan fingerprint density at radius 3 is 2.63 bits per heavy atom. The second-order valence-electron chi connectivity index (χ2n) is 6.43. The van der Waals surface area contributed by atoms with E-state index in [2.05, 4.69) is 0 Å². The maximum atomic E-state index is 12.9. The number of nitrogen functional groups attached to an aromatic ring is 1. The van der Waals surface area contributed by atoms with Crippen molar-refractivity contribution in [3.8, 4) is 0 Å². The van der Waals surface area contributed by atoms with E-state index in [9.17, 15) is 19.7 Å². The van der Waals surface area contributed by atoms with E-state index < -0.39 is 16.9 Å². The molecule has 8 nitrogen and oxygen atoms in total. The number of carbonyl (C=O) groups is 2. The van der Waals surface area contributed by atoms with E-state index in [1.807, 2.05) is 30.3 Å². The lowest BCUT2D eigenvalue weighted by Gasteiger charge is -2.36. The molecule has 1 heterocycles. The lowest BCUT2D eigenvalue weighted by Crippen LogP contribution is -2.53. The molecule has 1 aliphatic rings. The normalized spacial score (nSPS) is 16.9. The number of nitro benzene ring substituents is 1. The number of nitrogens with zero attached hydrogens (tertiary/aromatic N) is 3. The van der Waals surface area contributed by atoms with Gasteiger partial charge in [-0.2, -0.15) is 0 Å². The molecule has 0 aliphatic carbocycles. The van der Waals surface area contributed by atoms with Crippen molar-refractivity contribution >= 4 is 28.9 Å². The molecule has 1 aliphatic heterocycles. The molecule has 1 saturated heterocycles. The second kappa shape index (κ2) is 7.45. The van der Waals surface area contributed by atoms with Crippen molar-refractivity contribution in [3.63, 3.8) is 0 Å². The number of para-hydroxylation sites is 1. The Kier molecular flexibility index (Phi) is 5.07. The first-order chi connectivity index (χ1) is 12.9. The summed E-state index contributed by atoms with van der Waals surface area (Å²) in [7, 11) is 1.54. The van der Waals surface area contributed by atoms with E-state index in [0.717, 1.165) is 18.2 Å². The Morgan fingerprint density at radius 2 is 1.96 bits per heavy atom. The number of hydrogen-bond acceptors (Lipinski definition) is 5. The van der Waals surface area contributed by atoms with Crippen LogP contribution in [-0.4, -0.2) is 41.3 Å². The second-order valence-corrected chi connectivity index (χ2v) is 6.43. The van der Waals surface area contributed by atoms with E-state index >= 15 is 0 Å². The number of piperidine rings is 1. The quantitative estimate of drug-likeness (QED) is 0.506. The zero-order valence-corrected chi connectivity index (χ0v) is 14.9. The Labute approximate surface area is 156 Å². The summed E-state index contributed by atoms with van der Waals surface area (Å²) >= 11 is 0. The summed E-state index contributed by atoms with van der Waals surface area (Å²) in [5, 5.41) is 11.1. The summed E-state index contributed by atoms with van der Waals surface area (Å²) in [4.78, 5) is 39.2. The summed E-state index contributed by atoms with van der Waals surface area (Å²) in [6.45, 7) is 0.592. The highest BCUT2D eigenvalue weighted by atomic mass is 16.6. The number of amides is 2. The molecule has 0 radical (unpaired) electrons. The van der Waals surface area contributed by atoms with Crippen molar-refractivity contribution in [2.45, 2.75) is 18.9 Å². The molecule has 2 amide bonds. The maximum absolute atomic E-state index is 12.9. The number of nitrogens with two attached hydrogens (primary N) is 1. The van der Waals surface area contributed by atoms with Crippen LogP contribution in [0.4, 0.5) is 17.1 Å². The first-order valence-corrected chi connectivity index (χ1v) is 8.57. The summed E-state index contributed by atoms with van der Waals surface area (Å²) in [5.41, 5.74) is 6.17. The van der Waals surface area contributed by atoms with Crippen LogP contribution < -0.4 is 10.6 Å². The molecule has 2 aromatic rings. The number of carbonyl (C=O) groups excluding carboxylic acids is 2. The van der Waals surface area contributed by atoms with Crippen LogP contribution in [0.25, 0.3) is 0 Å². The molecule has 2 aromatic carbocycles. The van der Waals surface area contributed by atoms with Gasteiger partial charge >= 0.3 is 0 Å². The topological polar surface area (TPSA) is 110 Å². The predicted octanol–water partition coefficient (Wildman–Crippen LogP) is 2.44. The Hall–Kier alpha value is -3.42. The van der Waals surface area contributed by atoms with E-state index in [0.29, 0.717) is 13.0 Å². The van der Waals surface area contributed by atoms with Gasteiger partial charge in [0.1, 0.15) is 11.7 Å². The third-order valence-electron chi connectivity index (χ3n) is 4.74. The number of anilines is 2. The molecule has 140 valence electrons. The van der Waals surface area contributed by atoms with Crippen LogP contribution in [0.2, 0.25) is 0 Å². The largest absolute Gasteiger partial charge is 0.393 e. The van der Waals surface area contributed by atoms with E-state index in [-0.39, 0.29) is 22.8 Å². The highest BCUT2D eigenvalue weighted by Crippen LogP contribution is 2.26. The highest BCUT2D eigenvalue weighted by molar-refractivity contribution is 6.03. The average Bonchev–Trinajstić information content (AvgIpc) is 2.68. The molecule has 1 atom stereocenters. The molecule has 8 heteroatoms. The number of benzene rings is 2. The van der Waals surface area contributed by atoms with Crippen LogP contribution in [0.15, 0.2) is 48.5 Å². The summed E-state index contributed by atoms with van der Waals surface area (Å²) in [6.07, 6.45) is 1.30. The maximum Gasteiger partial charge on any atom is 0.292 e. The summed E-state index contributed by atoms with van der Waals surface area (Å²) < 4.78 is 0. The molecule has 2 N–H and O–H groups in total. The van der Waals surface area contributed by atoms with Gasteiger partial charge in [-0.15, -0.1) is 0 Å². The smallest absolute Gasteiger partial charge is 0.292 e. The number of rotatable bonds is 4. The van der Waals surface area contributed by atoms with E-state index in [1.54, 1.807) is 11.9 Å². The predicted molar refractivity (Wildman–Crippen MR) is 101 cm³/mol. The van der Waals surface area contributed by atoms with Crippen molar-refractivity contribution in [3.05, 3.63) is 64.2 Å². The minimum Gasteiger partial charge on any atom is -0.393 e. The van der Waals surface area contributed by atoms with Gasteiger partial charge in [0.05, 0.1) is 4.92 Å². The fourth-order valence-corrected chi connectivity index (χ4v) is 3.26. The van der Waals surface area contributed by atoms with Gasteiger partial charge in [0.15, 0.2) is 0 Å². The third kappa shape index (κ3) is 3.59. The fraction of sp³-hybridized carbons (Fsp3) is 0.263. The van der Waals surface area contributed by atoms with Crippen molar-refractivity contribution in [2.75, 3.05) is 24.2 Å². The standard InChI is InChI=1S/C19H20N4O4/c1-21(18(24)13-9-10-15(20)17(12-13)23(26)27)16-8-5-11-22(19(16)25)14-6-3-2-4-7-14/h2-4,6-7,9-10,12,16H,5,8,11,20H2,1H3. The van der Waals surface area contributed by atoms with Crippen LogP contribution in [-0.2, 0) is 4.79 Å². The van der Waals surface area contributed by atoms with Crippen LogP contribution in [0.3, 0.4) is 0 Å². The van der Waals surface area contributed by atoms with Gasteiger partial charge in [-0.05, 0) is 37.1 Å². The van der Waals surface area contributed by atoms with Crippen LogP contribution in [0, 0.1) is 10.1 Å².